The normalized spacial score (nSPS) is 14.3. The van der Waals surface area contributed by atoms with Gasteiger partial charge in [0.05, 0.1) is 4.92 Å². The van der Waals surface area contributed by atoms with Crippen LogP contribution in [0, 0.1) is 23.0 Å². The van der Waals surface area contributed by atoms with Gasteiger partial charge in [-0.1, -0.05) is 18.2 Å². The van der Waals surface area contributed by atoms with Gasteiger partial charge in [-0.25, -0.2) is 0 Å². The van der Waals surface area contributed by atoms with Gasteiger partial charge in [-0.15, -0.1) is 0 Å². The first kappa shape index (κ1) is 20.3. The molecule has 0 radical (unpaired) electrons. The zero-order chi connectivity index (χ0) is 21.0. The van der Waals surface area contributed by atoms with E-state index in [9.17, 15) is 19.7 Å². The maximum Gasteiger partial charge on any atom is 0.292 e. The smallest absolute Gasteiger partial charge is 0.292 e. The second-order valence-corrected chi connectivity index (χ2v) is 7.16. The number of carbonyl (C=O) groups is 2. The van der Waals surface area contributed by atoms with Crippen molar-refractivity contribution in [3.05, 3.63) is 58.1 Å². The monoisotopic (exact) mass is 396 g/mol. The Labute approximate surface area is 169 Å². The summed E-state index contributed by atoms with van der Waals surface area (Å²) in [5.41, 5.74) is 2.81. The Balaban J connectivity index is 1.64. The lowest BCUT2D eigenvalue weighted by Crippen LogP contribution is -2.38. The molecule has 152 valence electrons. The standard InChI is InChI=1S/C21H24N4O4/c1-14-17(22-15(2)26)6-5-7-18(14)23-21(27)16-10-12-24(13-11-16)19-8-3-4-9-20(19)25(28)29/h3-9,16H,10-13H2,1-2H3,(H,22,26)(H,23,27). The average Bonchev–Trinajstić information content (AvgIpc) is 2.70. The van der Waals surface area contributed by atoms with E-state index < -0.39 is 0 Å². The van der Waals surface area contributed by atoms with Gasteiger partial charge >= 0.3 is 0 Å². The molecule has 2 aromatic rings. The SMILES string of the molecule is CC(=O)Nc1cccc(NC(=O)C2CCN(c3ccccc3[N+](=O)[O-])CC2)c1C. The molecule has 1 aliphatic rings. The quantitative estimate of drug-likeness (QED) is 0.592. The number of carbonyl (C=O) groups excluding carboxylic acids is 2. The molecular weight excluding hydrogens is 372 g/mol. The fourth-order valence-electron chi connectivity index (χ4n) is 3.60. The number of nitro groups is 1. The van der Waals surface area contributed by atoms with Gasteiger partial charge in [-0.05, 0) is 43.5 Å². The number of anilines is 3. The summed E-state index contributed by atoms with van der Waals surface area (Å²) in [5.74, 6) is -0.410. The van der Waals surface area contributed by atoms with Crippen molar-refractivity contribution in [1.82, 2.24) is 0 Å². The van der Waals surface area contributed by atoms with Crippen molar-refractivity contribution in [3.63, 3.8) is 0 Å². The molecule has 0 bridgehead atoms. The van der Waals surface area contributed by atoms with Gasteiger partial charge in [0.25, 0.3) is 5.69 Å². The molecule has 1 heterocycles. The van der Waals surface area contributed by atoms with Crippen LogP contribution in [0.15, 0.2) is 42.5 Å². The molecule has 1 fully saturated rings. The van der Waals surface area contributed by atoms with E-state index in [4.69, 9.17) is 0 Å². The van der Waals surface area contributed by atoms with Crippen LogP contribution in [0.25, 0.3) is 0 Å². The summed E-state index contributed by atoms with van der Waals surface area (Å²) >= 11 is 0. The van der Waals surface area contributed by atoms with Crippen LogP contribution < -0.4 is 15.5 Å². The van der Waals surface area contributed by atoms with Crippen LogP contribution in [-0.2, 0) is 9.59 Å². The van der Waals surface area contributed by atoms with Crippen molar-refractivity contribution >= 4 is 34.6 Å². The van der Waals surface area contributed by atoms with E-state index in [-0.39, 0.29) is 28.3 Å². The fourth-order valence-corrected chi connectivity index (χ4v) is 3.60. The zero-order valence-corrected chi connectivity index (χ0v) is 16.5. The van der Waals surface area contributed by atoms with Crippen LogP contribution in [0.5, 0.6) is 0 Å². The van der Waals surface area contributed by atoms with Crippen LogP contribution in [0.2, 0.25) is 0 Å². The highest BCUT2D eigenvalue weighted by molar-refractivity contribution is 5.96. The maximum atomic E-state index is 12.7. The minimum atomic E-state index is -0.376. The molecule has 2 aromatic carbocycles. The summed E-state index contributed by atoms with van der Waals surface area (Å²) in [6, 6.07) is 12.1. The third-order valence-corrected chi connectivity index (χ3v) is 5.19. The molecule has 1 saturated heterocycles. The number of hydrogen-bond acceptors (Lipinski definition) is 5. The lowest BCUT2D eigenvalue weighted by atomic mass is 9.95. The van der Waals surface area contributed by atoms with Gasteiger partial charge in [0, 0.05) is 43.4 Å². The van der Waals surface area contributed by atoms with E-state index in [1.165, 1.54) is 13.0 Å². The van der Waals surface area contributed by atoms with Crippen LogP contribution in [0.1, 0.15) is 25.3 Å². The summed E-state index contributed by atoms with van der Waals surface area (Å²) < 4.78 is 0. The van der Waals surface area contributed by atoms with Crippen LogP contribution >= 0.6 is 0 Å². The first-order chi connectivity index (χ1) is 13.9. The molecule has 2 N–H and O–H groups in total. The Morgan fingerprint density at radius 1 is 1.03 bits per heavy atom. The lowest BCUT2D eigenvalue weighted by molar-refractivity contribution is -0.384. The van der Waals surface area contributed by atoms with Gasteiger partial charge in [0.2, 0.25) is 11.8 Å². The summed E-state index contributed by atoms with van der Waals surface area (Å²) in [6.45, 7) is 4.44. The maximum absolute atomic E-state index is 12.7. The number of nitrogens with zero attached hydrogens (tertiary/aromatic N) is 2. The van der Waals surface area contributed by atoms with Crippen molar-refractivity contribution < 1.29 is 14.5 Å². The van der Waals surface area contributed by atoms with Crippen molar-refractivity contribution in [3.8, 4) is 0 Å². The fraction of sp³-hybridized carbons (Fsp3) is 0.333. The Morgan fingerprint density at radius 3 is 2.28 bits per heavy atom. The van der Waals surface area contributed by atoms with Crippen LogP contribution in [0.4, 0.5) is 22.7 Å². The molecule has 0 aromatic heterocycles. The van der Waals surface area contributed by atoms with E-state index in [0.717, 1.165) is 5.56 Å². The number of rotatable bonds is 5. The van der Waals surface area contributed by atoms with E-state index in [2.05, 4.69) is 10.6 Å². The van der Waals surface area contributed by atoms with E-state index >= 15 is 0 Å². The Bertz CT molecular complexity index is 936. The third kappa shape index (κ3) is 4.71. The zero-order valence-electron chi connectivity index (χ0n) is 16.5. The number of nitrogens with one attached hydrogen (secondary N) is 2. The van der Waals surface area contributed by atoms with Gasteiger partial charge < -0.3 is 15.5 Å². The lowest BCUT2D eigenvalue weighted by Gasteiger charge is -2.32. The third-order valence-electron chi connectivity index (χ3n) is 5.19. The Morgan fingerprint density at radius 2 is 1.66 bits per heavy atom. The molecule has 8 nitrogen and oxygen atoms in total. The minimum absolute atomic E-state index is 0.0738. The van der Waals surface area contributed by atoms with Crippen molar-refractivity contribution in [2.75, 3.05) is 28.6 Å². The summed E-state index contributed by atoms with van der Waals surface area (Å²) in [5, 5.41) is 17.0. The number of nitro benzene ring substituents is 1. The Hall–Kier alpha value is -3.42. The highest BCUT2D eigenvalue weighted by Crippen LogP contribution is 2.32. The number of piperidine rings is 1. The molecule has 2 amide bonds. The molecule has 0 atom stereocenters. The molecule has 29 heavy (non-hydrogen) atoms. The summed E-state index contributed by atoms with van der Waals surface area (Å²) in [6.07, 6.45) is 1.23. The number of para-hydroxylation sites is 2. The topological polar surface area (TPSA) is 105 Å². The molecule has 0 saturated carbocycles. The van der Waals surface area contributed by atoms with Gasteiger partial charge in [0.15, 0.2) is 0 Å². The average molecular weight is 396 g/mol. The number of benzene rings is 2. The predicted octanol–water partition coefficient (Wildman–Crippen LogP) is 3.72. The van der Waals surface area contributed by atoms with Crippen molar-refractivity contribution in [2.45, 2.75) is 26.7 Å². The highest BCUT2D eigenvalue weighted by Gasteiger charge is 2.28. The predicted molar refractivity (Wildman–Crippen MR) is 112 cm³/mol. The van der Waals surface area contributed by atoms with Crippen molar-refractivity contribution in [1.29, 1.82) is 0 Å². The van der Waals surface area contributed by atoms with Crippen molar-refractivity contribution in [2.24, 2.45) is 5.92 Å². The van der Waals surface area contributed by atoms with E-state index in [1.54, 1.807) is 36.4 Å². The van der Waals surface area contributed by atoms with Crippen LogP contribution in [-0.4, -0.2) is 29.8 Å². The molecule has 1 aliphatic heterocycles. The second kappa shape index (κ2) is 8.72. The number of hydrogen-bond donors (Lipinski definition) is 2. The highest BCUT2D eigenvalue weighted by atomic mass is 16.6. The molecule has 8 heteroatoms. The molecule has 0 unspecified atom stereocenters. The molecular formula is C21H24N4O4. The summed E-state index contributed by atoms with van der Waals surface area (Å²) in [4.78, 5) is 36.9. The van der Waals surface area contributed by atoms with Gasteiger partial charge in [0.1, 0.15) is 5.69 Å². The van der Waals surface area contributed by atoms with Gasteiger partial charge in [-0.2, -0.15) is 0 Å². The van der Waals surface area contributed by atoms with E-state index in [0.29, 0.717) is 43.0 Å². The largest absolute Gasteiger partial charge is 0.366 e. The minimum Gasteiger partial charge on any atom is -0.366 e. The van der Waals surface area contributed by atoms with Crippen LogP contribution in [0.3, 0.4) is 0 Å². The first-order valence-corrected chi connectivity index (χ1v) is 9.53. The second-order valence-electron chi connectivity index (χ2n) is 7.16. The molecule has 3 rings (SSSR count). The molecule has 0 aliphatic carbocycles. The Kier molecular flexibility index (Phi) is 6.11. The van der Waals surface area contributed by atoms with E-state index in [1.807, 2.05) is 11.8 Å². The van der Waals surface area contributed by atoms with Gasteiger partial charge in [-0.3, -0.25) is 19.7 Å². The summed E-state index contributed by atoms with van der Waals surface area (Å²) in [7, 11) is 0. The number of amides is 2. The first-order valence-electron chi connectivity index (χ1n) is 9.53. The molecule has 0 spiro atoms.